The molecule has 170 valence electrons. The predicted octanol–water partition coefficient (Wildman–Crippen LogP) is 5.18. The van der Waals surface area contributed by atoms with Crippen LogP contribution in [0.3, 0.4) is 0 Å². The quantitative estimate of drug-likeness (QED) is 0.351. The largest absolute Gasteiger partial charge is 0.459 e. The highest BCUT2D eigenvalue weighted by Gasteiger charge is 2.13. The molecule has 0 saturated carbocycles. The molecule has 0 aromatic heterocycles. The Hall–Kier alpha value is -1.88. The Balaban J connectivity index is -0.000000343. The van der Waals surface area contributed by atoms with Crippen LogP contribution in [0.2, 0.25) is 0 Å². The molecule has 1 aromatic rings. The Kier molecular flexibility index (Phi) is 24.6. The second-order valence-corrected chi connectivity index (χ2v) is 7.31. The molecule has 0 saturated heterocycles. The van der Waals surface area contributed by atoms with Crippen LogP contribution in [-0.4, -0.2) is 31.1 Å². The summed E-state index contributed by atoms with van der Waals surface area (Å²) < 4.78 is 4.82. The molecule has 5 heteroatoms. The van der Waals surface area contributed by atoms with Gasteiger partial charge in [0.05, 0.1) is 6.54 Å². The summed E-state index contributed by atoms with van der Waals surface area (Å²) in [4.78, 5) is 20.0. The Morgan fingerprint density at radius 3 is 1.93 bits per heavy atom. The third-order valence-electron chi connectivity index (χ3n) is 3.28. The standard InChI is InChI=1S/C11H16.C6H13NO2.C5H11NO.C2H6/c1-3-4-5-11-8-6-10(2)7-9-11;1-6(2,3)9-5(8)4-7;1-2-3-4-6-5-7;1-2/h6-9H,3-5H2,1-2H3;4,7H2,1-3H3;5H,2-4H2,1H3,(H,6,7);1-2H3. The molecule has 0 spiro atoms. The molecule has 1 aromatic carbocycles. The van der Waals surface area contributed by atoms with Crippen LogP contribution in [-0.2, 0) is 20.7 Å². The van der Waals surface area contributed by atoms with Gasteiger partial charge >= 0.3 is 5.97 Å². The SMILES string of the molecule is CC.CC(C)(C)OC(=O)CN.CCCCNC=O.CCCCc1ccc(C)cc1. The Morgan fingerprint density at radius 1 is 1.07 bits per heavy atom. The van der Waals surface area contributed by atoms with Crippen LogP contribution >= 0.6 is 0 Å². The Labute approximate surface area is 179 Å². The van der Waals surface area contributed by atoms with Crippen molar-refractivity contribution in [2.24, 2.45) is 5.73 Å². The van der Waals surface area contributed by atoms with E-state index in [2.05, 4.69) is 50.4 Å². The topological polar surface area (TPSA) is 81.4 Å². The van der Waals surface area contributed by atoms with Crippen molar-refractivity contribution in [2.75, 3.05) is 13.1 Å². The van der Waals surface area contributed by atoms with Gasteiger partial charge in [-0.25, -0.2) is 0 Å². The number of hydrogen-bond acceptors (Lipinski definition) is 4. The van der Waals surface area contributed by atoms with Gasteiger partial charge < -0.3 is 15.8 Å². The molecule has 0 aliphatic heterocycles. The first-order valence-corrected chi connectivity index (χ1v) is 10.8. The number of hydrogen-bond donors (Lipinski definition) is 2. The van der Waals surface area contributed by atoms with E-state index in [1.807, 2.05) is 13.8 Å². The van der Waals surface area contributed by atoms with E-state index in [9.17, 15) is 9.59 Å². The van der Waals surface area contributed by atoms with Gasteiger partial charge in [0.15, 0.2) is 0 Å². The molecule has 0 bridgehead atoms. The fourth-order valence-corrected chi connectivity index (χ4v) is 1.86. The van der Waals surface area contributed by atoms with Gasteiger partial charge in [0.2, 0.25) is 6.41 Å². The van der Waals surface area contributed by atoms with E-state index >= 15 is 0 Å². The first-order valence-electron chi connectivity index (χ1n) is 10.8. The maximum absolute atomic E-state index is 10.5. The summed E-state index contributed by atoms with van der Waals surface area (Å²) in [5, 5.41) is 2.57. The minimum absolute atomic E-state index is 0.0444. The normalized spacial score (nSPS) is 9.41. The number of unbranched alkanes of at least 4 members (excludes halogenated alkanes) is 2. The van der Waals surface area contributed by atoms with Crippen LogP contribution in [0.15, 0.2) is 24.3 Å². The number of rotatable bonds is 8. The molecule has 0 fully saturated rings. The van der Waals surface area contributed by atoms with Crippen molar-refractivity contribution in [1.29, 1.82) is 0 Å². The number of carbonyl (C=O) groups excluding carboxylic acids is 2. The van der Waals surface area contributed by atoms with Gasteiger partial charge in [-0.05, 0) is 52.5 Å². The van der Waals surface area contributed by atoms with Crippen LogP contribution in [0.25, 0.3) is 0 Å². The third kappa shape index (κ3) is 28.4. The maximum atomic E-state index is 10.5. The molecule has 1 amide bonds. The summed E-state index contributed by atoms with van der Waals surface area (Å²) in [7, 11) is 0. The van der Waals surface area contributed by atoms with E-state index in [1.54, 1.807) is 20.8 Å². The van der Waals surface area contributed by atoms with Gasteiger partial charge in [0.1, 0.15) is 5.60 Å². The van der Waals surface area contributed by atoms with Crippen LogP contribution in [0.4, 0.5) is 0 Å². The number of esters is 1. The highest BCUT2D eigenvalue weighted by atomic mass is 16.6. The molecule has 5 nitrogen and oxygen atoms in total. The summed E-state index contributed by atoms with van der Waals surface area (Å²) in [6.45, 7) is 16.6. The number of nitrogens with one attached hydrogen (secondary N) is 1. The molecule has 0 heterocycles. The first kappa shape index (κ1) is 31.8. The fourth-order valence-electron chi connectivity index (χ4n) is 1.86. The van der Waals surface area contributed by atoms with Crippen molar-refractivity contribution in [3.63, 3.8) is 0 Å². The van der Waals surface area contributed by atoms with E-state index in [4.69, 9.17) is 10.5 Å². The monoisotopic (exact) mass is 410 g/mol. The predicted molar refractivity (Wildman–Crippen MR) is 125 cm³/mol. The lowest BCUT2D eigenvalue weighted by molar-refractivity contribution is -0.152. The van der Waals surface area contributed by atoms with Gasteiger partial charge in [-0.3, -0.25) is 9.59 Å². The van der Waals surface area contributed by atoms with Gasteiger partial charge in [0, 0.05) is 6.54 Å². The second-order valence-electron chi connectivity index (χ2n) is 7.31. The number of amides is 1. The van der Waals surface area contributed by atoms with Crippen LogP contribution < -0.4 is 11.1 Å². The van der Waals surface area contributed by atoms with E-state index < -0.39 is 5.60 Å². The smallest absolute Gasteiger partial charge is 0.320 e. The van der Waals surface area contributed by atoms with Crippen LogP contribution in [0.5, 0.6) is 0 Å². The van der Waals surface area contributed by atoms with Gasteiger partial charge in [-0.15, -0.1) is 0 Å². The molecule has 0 unspecified atom stereocenters. The Bertz CT molecular complexity index is 480. The first-order chi connectivity index (χ1) is 13.7. The molecule has 3 N–H and O–H groups in total. The van der Waals surface area contributed by atoms with Crippen molar-refractivity contribution in [3.05, 3.63) is 35.4 Å². The number of ether oxygens (including phenoxy) is 1. The summed E-state index contributed by atoms with van der Waals surface area (Å²) in [6, 6.07) is 8.83. The van der Waals surface area contributed by atoms with Crippen molar-refractivity contribution in [3.8, 4) is 0 Å². The zero-order valence-electron chi connectivity index (χ0n) is 20.1. The van der Waals surface area contributed by atoms with E-state index in [1.165, 1.54) is 30.4 Å². The number of carbonyl (C=O) groups is 2. The lowest BCUT2D eigenvalue weighted by Gasteiger charge is -2.18. The molecule has 0 atom stereocenters. The molecule has 1 rings (SSSR count). The van der Waals surface area contributed by atoms with E-state index in [-0.39, 0.29) is 12.5 Å². The zero-order valence-corrected chi connectivity index (χ0v) is 20.1. The van der Waals surface area contributed by atoms with Crippen LogP contribution in [0, 0.1) is 6.92 Å². The van der Waals surface area contributed by atoms with Crippen molar-refractivity contribution < 1.29 is 14.3 Å². The van der Waals surface area contributed by atoms with Gasteiger partial charge in [-0.1, -0.05) is 70.4 Å². The lowest BCUT2D eigenvalue weighted by Crippen LogP contribution is -2.28. The van der Waals surface area contributed by atoms with Crippen molar-refractivity contribution >= 4 is 12.4 Å². The van der Waals surface area contributed by atoms with E-state index in [0.717, 1.165) is 25.8 Å². The van der Waals surface area contributed by atoms with E-state index in [0.29, 0.717) is 0 Å². The van der Waals surface area contributed by atoms with Crippen molar-refractivity contribution in [1.82, 2.24) is 5.32 Å². The summed E-state index contributed by atoms with van der Waals surface area (Å²) in [5.41, 5.74) is 7.42. The minimum Gasteiger partial charge on any atom is -0.459 e. The zero-order chi connectivity index (χ0) is 23.1. The number of benzene rings is 1. The molecule has 0 aliphatic carbocycles. The molecule has 0 aliphatic rings. The van der Waals surface area contributed by atoms with Crippen molar-refractivity contribution in [2.45, 2.75) is 93.1 Å². The third-order valence-corrected chi connectivity index (χ3v) is 3.28. The summed E-state index contributed by atoms with van der Waals surface area (Å²) >= 11 is 0. The summed E-state index contributed by atoms with van der Waals surface area (Å²) in [6.07, 6.45) is 6.78. The highest BCUT2D eigenvalue weighted by Crippen LogP contribution is 2.06. The number of nitrogens with two attached hydrogens (primary N) is 1. The molecular formula is C24H46N2O3. The lowest BCUT2D eigenvalue weighted by atomic mass is 10.1. The molecule has 29 heavy (non-hydrogen) atoms. The molecular weight excluding hydrogens is 364 g/mol. The van der Waals surface area contributed by atoms with Gasteiger partial charge in [0.25, 0.3) is 0 Å². The Morgan fingerprint density at radius 2 is 1.59 bits per heavy atom. The van der Waals surface area contributed by atoms with Gasteiger partial charge in [-0.2, -0.15) is 0 Å². The average molecular weight is 411 g/mol. The average Bonchev–Trinajstić information content (AvgIpc) is 2.69. The second kappa shape index (κ2) is 22.4. The fraction of sp³-hybridized carbons (Fsp3) is 0.667. The number of aryl methyl sites for hydroxylation is 2. The minimum atomic E-state index is -0.406. The van der Waals surface area contributed by atoms with Crippen LogP contribution in [0.1, 0.15) is 85.3 Å². The molecule has 0 radical (unpaired) electrons. The summed E-state index contributed by atoms with van der Waals surface area (Å²) in [5.74, 6) is -0.359. The maximum Gasteiger partial charge on any atom is 0.320 e. The highest BCUT2D eigenvalue weighted by molar-refractivity contribution is 5.71.